The lowest BCUT2D eigenvalue weighted by atomic mass is 10.2. The van der Waals surface area contributed by atoms with Gasteiger partial charge in [0.05, 0.1) is 26.5 Å². The number of ether oxygens (including phenoxy) is 2. The van der Waals surface area contributed by atoms with Crippen molar-refractivity contribution in [2.24, 2.45) is 0 Å². The first-order chi connectivity index (χ1) is 12.5. The van der Waals surface area contributed by atoms with Crippen LogP contribution in [-0.2, 0) is 20.2 Å². The molecule has 1 N–H and O–H groups in total. The number of methoxy groups -OCH3 is 1. The SMILES string of the molecule is CCOP(=O)(Nc1nc(OCc2ccccc2OC)ncc1F)OCC. The Hall–Kier alpha value is -2.22. The molecule has 0 aliphatic heterocycles. The molecule has 0 unspecified atom stereocenters. The van der Waals surface area contributed by atoms with E-state index >= 15 is 0 Å². The first-order valence-corrected chi connectivity index (χ1v) is 9.50. The summed E-state index contributed by atoms with van der Waals surface area (Å²) >= 11 is 0. The highest BCUT2D eigenvalue weighted by Gasteiger charge is 2.26. The molecule has 8 nitrogen and oxygen atoms in total. The van der Waals surface area contributed by atoms with Crippen molar-refractivity contribution in [1.82, 2.24) is 9.97 Å². The highest BCUT2D eigenvalue weighted by atomic mass is 31.2. The van der Waals surface area contributed by atoms with Gasteiger partial charge in [0.15, 0.2) is 11.6 Å². The fraction of sp³-hybridized carbons (Fsp3) is 0.375. The summed E-state index contributed by atoms with van der Waals surface area (Å²) in [5, 5.41) is 2.37. The number of para-hydroxylation sites is 1. The zero-order valence-electron chi connectivity index (χ0n) is 14.8. The van der Waals surface area contributed by atoms with E-state index in [0.29, 0.717) is 5.75 Å². The summed E-state index contributed by atoms with van der Waals surface area (Å²) in [6.45, 7) is 3.64. The van der Waals surface area contributed by atoms with E-state index in [-0.39, 0.29) is 31.6 Å². The molecule has 142 valence electrons. The highest BCUT2D eigenvalue weighted by molar-refractivity contribution is 7.55. The Kier molecular flexibility index (Phi) is 7.32. The van der Waals surface area contributed by atoms with Crippen LogP contribution in [-0.4, -0.2) is 30.3 Å². The molecule has 2 rings (SSSR count). The summed E-state index contributed by atoms with van der Waals surface area (Å²) in [6.07, 6.45) is 0.912. The average Bonchev–Trinajstić information content (AvgIpc) is 2.63. The van der Waals surface area contributed by atoms with Crippen molar-refractivity contribution in [3.8, 4) is 11.8 Å². The van der Waals surface area contributed by atoms with Crippen LogP contribution in [0.5, 0.6) is 11.8 Å². The Morgan fingerprint density at radius 1 is 1.19 bits per heavy atom. The second kappa shape index (κ2) is 9.47. The van der Waals surface area contributed by atoms with Gasteiger partial charge in [0.25, 0.3) is 0 Å². The number of rotatable bonds is 10. The molecule has 10 heteroatoms. The zero-order chi connectivity index (χ0) is 19.0. The topological polar surface area (TPSA) is 91.8 Å². The van der Waals surface area contributed by atoms with Gasteiger partial charge >= 0.3 is 13.8 Å². The Morgan fingerprint density at radius 3 is 2.54 bits per heavy atom. The van der Waals surface area contributed by atoms with Crippen molar-refractivity contribution in [3.05, 3.63) is 41.8 Å². The zero-order valence-corrected chi connectivity index (χ0v) is 15.7. The minimum Gasteiger partial charge on any atom is -0.496 e. The summed E-state index contributed by atoms with van der Waals surface area (Å²) in [6, 6.07) is 7.18. The van der Waals surface area contributed by atoms with E-state index < -0.39 is 13.6 Å². The van der Waals surface area contributed by atoms with Crippen molar-refractivity contribution in [2.75, 3.05) is 25.4 Å². The van der Waals surface area contributed by atoms with Gasteiger partial charge in [0, 0.05) is 5.56 Å². The number of hydrogen-bond donors (Lipinski definition) is 1. The molecule has 0 bridgehead atoms. The van der Waals surface area contributed by atoms with Crippen molar-refractivity contribution in [3.63, 3.8) is 0 Å². The van der Waals surface area contributed by atoms with Crippen LogP contribution >= 0.6 is 7.75 Å². The number of aromatic nitrogens is 2. The van der Waals surface area contributed by atoms with Crippen LogP contribution in [0.25, 0.3) is 0 Å². The monoisotopic (exact) mass is 385 g/mol. The quantitative estimate of drug-likeness (QED) is 0.618. The maximum Gasteiger partial charge on any atom is 0.433 e. The third-order valence-electron chi connectivity index (χ3n) is 3.11. The molecule has 0 fully saturated rings. The molecular weight excluding hydrogens is 364 g/mol. The minimum absolute atomic E-state index is 0.0978. The largest absolute Gasteiger partial charge is 0.496 e. The van der Waals surface area contributed by atoms with Crippen LogP contribution in [0, 0.1) is 5.82 Å². The first-order valence-electron chi connectivity index (χ1n) is 7.96. The fourth-order valence-corrected chi connectivity index (χ4v) is 3.33. The highest BCUT2D eigenvalue weighted by Crippen LogP contribution is 2.47. The van der Waals surface area contributed by atoms with Gasteiger partial charge in [-0.15, -0.1) is 0 Å². The van der Waals surface area contributed by atoms with Gasteiger partial charge in [-0.05, 0) is 19.9 Å². The van der Waals surface area contributed by atoms with Crippen LogP contribution in [0.4, 0.5) is 10.2 Å². The smallest absolute Gasteiger partial charge is 0.433 e. The van der Waals surface area contributed by atoms with Crippen molar-refractivity contribution < 1.29 is 27.5 Å². The van der Waals surface area contributed by atoms with Gasteiger partial charge < -0.3 is 9.47 Å². The third-order valence-corrected chi connectivity index (χ3v) is 4.79. The summed E-state index contributed by atoms with van der Waals surface area (Å²) in [5.41, 5.74) is 0.770. The molecule has 0 radical (unpaired) electrons. The number of halogens is 1. The number of anilines is 1. The van der Waals surface area contributed by atoms with E-state index in [1.165, 1.54) is 0 Å². The lowest BCUT2D eigenvalue weighted by Crippen LogP contribution is -2.09. The first kappa shape index (κ1) is 20.1. The van der Waals surface area contributed by atoms with Gasteiger partial charge in [-0.25, -0.2) is 13.9 Å². The molecule has 1 heterocycles. The number of nitrogens with one attached hydrogen (secondary N) is 1. The fourth-order valence-electron chi connectivity index (χ4n) is 2.03. The summed E-state index contributed by atoms with van der Waals surface area (Å²) in [5.74, 6) is -0.500. The predicted octanol–water partition coefficient (Wildman–Crippen LogP) is 3.80. The Labute approximate surface area is 151 Å². The average molecular weight is 385 g/mol. The Morgan fingerprint density at radius 2 is 1.88 bits per heavy atom. The van der Waals surface area contributed by atoms with Gasteiger partial charge in [-0.1, -0.05) is 18.2 Å². The third kappa shape index (κ3) is 5.39. The maximum atomic E-state index is 14.0. The molecule has 2 aromatic rings. The summed E-state index contributed by atoms with van der Waals surface area (Å²) in [4.78, 5) is 7.67. The van der Waals surface area contributed by atoms with Crippen LogP contribution in [0.1, 0.15) is 19.4 Å². The molecule has 0 aliphatic carbocycles. The van der Waals surface area contributed by atoms with Crippen LogP contribution in [0.15, 0.2) is 30.5 Å². The number of hydrogen-bond acceptors (Lipinski definition) is 7. The van der Waals surface area contributed by atoms with E-state index in [1.54, 1.807) is 27.0 Å². The molecule has 0 aliphatic rings. The van der Waals surface area contributed by atoms with E-state index in [4.69, 9.17) is 18.5 Å². The molecule has 1 aromatic carbocycles. The van der Waals surface area contributed by atoms with Gasteiger partial charge in [0.1, 0.15) is 12.4 Å². The van der Waals surface area contributed by atoms with E-state index in [2.05, 4.69) is 15.1 Å². The normalized spacial score (nSPS) is 11.2. The summed E-state index contributed by atoms with van der Waals surface area (Å²) in [7, 11) is -2.18. The van der Waals surface area contributed by atoms with E-state index in [9.17, 15) is 8.96 Å². The maximum absolute atomic E-state index is 14.0. The predicted molar refractivity (Wildman–Crippen MR) is 93.8 cm³/mol. The molecule has 0 atom stereocenters. The number of benzene rings is 1. The molecular formula is C16H21FN3O5P. The lowest BCUT2D eigenvalue weighted by molar-refractivity contribution is 0.224. The molecule has 0 saturated carbocycles. The number of nitrogens with zero attached hydrogens (tertiary/aromatic N) is 2. The molecule has 0 amide bonds. The standard InChI is InChI=1S/C16H21FN3O5P/c1-4-24-26(21,25-5-2)20-15-13(17)10-18-16(19-15)23-11-12-8-6-7-9-14(12)22-3/h6-10H,4-5,11H2,1-3H3,(H,18,19,20,21). The molecule has 0 saturated heterocycles. The van der Waals surface area contributed by atoms with E-state index in [1.807, 2.05) is 18.2 Å². The van der Waals surface area contributed by atoms with Crippen LogP contribution in [0.3, 0.4) is 0 Å². The minimum atomic E-state index is -3.73. The van der Waals surface area contributed by atoms with Crippen LogP contribution in [0.2, 0.25) is 0 Å². The molecule has 0 spiro atoms. The lowest BCUT2D eigenvalue weighted by Gasteiger charge is -2.18. The van der Waals surface area contributed by atoms with Crippen molar-refractivity contribution in [1.29, 1.82) is 0 Å². The van der Waals surface area contributed by atoms with Crippen molar-refractivity contribution >= 4 is 13.6 Å². The second-order valence-electron chi connectivity index (χ2n) is 4.89. The molecule has 26 heavy (non-hydrogen) atoms. The second-order valence-corrected chi connectivity index (χ2v) is 6.63. The van der Waals surface area contributed by atoms with Crippen molar-refractivity contribution in [2.45, 2.75) is 20.5 Å². The van der Waals surface area contributed by atoms with Crippen LogP contribution < -0.4 is 14.6 Å². The van der Waals surface area contributed by atoms with E-state index in [0.717, 1.165) is 11.8 Å². The van der Waals surface area contributed by atoms with Gasteiger partial charge in [0.2, 0.25) is 0 Å². The molecule has 1 aromatic heterocycles. The Bertz CT molecular complexity index is 767. The van der Waals surface area contributed by atoms with Gasteiger partial charge in [-0.3, -0.25) is 14.1 Å². The Balaban J connectivity index is 2.15. The summed E-state index contributed by atoms with van der Waals surface area (Å²) < 4.78 is 47.3. The van der Waals surface area contributed by atoms with Gasteiger partial charge in [-0.2, -0.15) is 4.98 Å².